The molecule has 3 rings (SSSR count). The highest BCUT2D eigenvalue weighted by Crippen LogP contribution is 2.36. The number of nitrogens with two attached hydrogens (primary N) is 2. The Morgan fingerprint density at radius 3 is 3.00 bits per heavy atom. The van der Waals surface area contributed by atoms with Crippen LogP contribution in [0, 0.1) is 0 Å². The number of carbonyl (C=O) groups is 1. The van der Waals surface area contributed by atoms with Crippen molar-refractivity contribution in [3.63, 3.8) is 0 Å². The molecule has 0 unspecified atom stereocenters. The summed E-state index contributed by atoms with van der Waals surface area (Å²) in [6.07, 6.45) is 1.27. The third-order valence-corrected chi connectivity index (χ3v) is 4.51. The average molecular weight is 311 g/mol. The van der Waals surface area contributed by atoms with Crippen molar-refractivity contribution in [3.8, 4) is 0 Å². The van der Waals surface area contributed by atoms with Crippen LogP contribution in [0.3, 0.4) is 0 Å². The number of hydrogen-bond donors (Lipinski definition) is 8. The minimum Gasteiger partial charge on any atom is -0.360 e. The summed E-state index contributed by atoms with van der Waals surface area (Å²) in [6, 6.07) is -0.909. The molecule has 10 N–H and O–H groups in total. The smallest absolute Gasteiger partial charge is 0.347 e. The lowest BCUT2D eigenvalue weighted by Gasteiger charge is -2.40. The quantitative estimate of drug-likeness (QED) is 0.146. The molecule has 0 saturated carbocycles. The van der Waals surface area contributed by atoms with E-state index in [0.29, 0.717) is 12.5 Å². The molecule has 0 aromatic carbocycles. The maximum absolute atomic E-state index is 11.4. The molecule has 3 heterocycles. The van der Waals surface area contributed by atoms with E-state index in [2.05, 4.69) is 27.5 Å². The molecular formula is C12H21N7O3+2. The van der Waals surface area contributed by atoms with E-state index in [-0.39, 0.29) is 24.8 Å². The molecule has 3 atom stereocenters. The van der Waals surface area contributed by atoms with Crippen molar-refractivity contribution < 1.29 is 24.6 Å². The van der Waals surface area contributed by atoms with E-state index in [4.69, 9.17) is 11.5 Å². The lowest BCUT2D eigenvalue weighted by atomic mass is 9.86. The van der Waals surface area contributed by atoms with Crippen LogP contribution in [-0.4, -0.2) is 69.2 Å². The lowest BCUT2D eigenvalue weighted by Crippen LogP contribution is -2.91. The van der Waals surface area contributed by atoms with Crippen LogP contribution < -0.4 is 32.4 Å². The number of aliphatic hydroxyl groups is 2. The van der Waals surface area contributed by atoms with Gasteiger partial charge < -0.3 is 15.5 Å². The topological polar surface area (TPSA) is 163 Å². The fourth-order valence-electron chi connectivity index (χ4n) is 3.53. The van der Waals surface area contributed by atoms with E-state index in [9.17, 15) is 15.0 Å². The van der Waals surface area contributed by atoms with Gasteiger partial charge in [-0.05, 0) is 6.08 Å². The van der Waals surface area contributed by atoms with E-state index in [1.54, 1.807) is 4.58 Å². The molecule has 0 radical (unpaired) electrons. The summed E-state index contributed by atoms with van der Waals surface area (Å²) in [7, 11) is 0. The summed E-state index contributed by atoms with van der Waals surface area (Å²) < 4.78 is 1.65. The van der Waals surface area contributed by atoms with Gasteiger partial charge in [0.25, 0.3) is 5.66 Å². The molecule has 3 aliphatic rings. The molecule has 10 heteroatoms. The average Bonchev–Trinajstić information content (AvgIpc) is 2.94. The summed E-state index contributed by atoms with van der Waals surface area (Å²) in [5.74, 6) is -1.84. The molecule has 1 saturated heterocycles. The highest BCUT2D eigenvalue weighted by atomic mass is 16.5. The van der Waals surface area contributed by atoms with Crippen LogP contribution in [0.15, 0.2) is 12.7 Å². The van der Waals surface area contributed by atoms with Gasteiger partial charge in [0.1, 0.15) is 6.04 Å². The first kappa shape index (κ1) is 14.6. The summed E-state index contributed by atoms with van der Waals surface area (Å²) in [5.41, 5.74) is 10.6. The zero-order valence-electron chi connectivity index (χ0n) is 12.0. The molecular weight excluding hydrogens is 290 g/mol. The SMILES string of the molecule is C=CC(=O)NC[C@@H]1NC(N)=[N+]2CCC(O)(O)[C@@]23NC(N)=[NH+][C@@H]13. The highest BCUT2D eigenvalue weighted by molar-refractivity contribution is 5.87. The third-order valence-electron chi connectivity index (χ3n) is 4.51. The van der Waals surface area contributed by atoms with Crippen molar-refractivity contribution in [1.29, 1.82) is 0 Å². The zero-order valence-corrected chi connectivity index (χ0v) is 12.0. The first-order valence-corrected chi connectivity index (χ1v) is 7.00. The van der Waals surface area contributed by atoms with E-state index in [1.807, 2.05) is 0 Å². The first-order valence-electron chi connectivity index (χ1n) is 7.00. The number of guanidine groups is 2. The van der Waals surface area contributed by atoms with E-state index in [1.165, 1.54) is 0 Å². The molecule has 120 valence electrons. The molecule has 22 heavy (non-hydrogen) atoms. The first-order chi connectivity index (χ1) is 10.3. The van der Waals surface area contributed by atoms with Crippen molar-refractivity contribution in [1.82, 2.24) is 16.0 Å². The van der Waals surface area contributed by atoms with E-state index in [0.717, 1.165) is 6.08 Å². The van der Waals surface area contributed by atoms with Gasteiger partial charge in [0.05, 0.1) is 13.1 Å². The third kappa shape index (κ3) is 1.77. The van der Waals surface area contributed by atoms with Crippen LogP contribution in [0.4, 0.5) is 0 Å². The largest absolute Gasteiger partial charge is 0.360 e. The van der Waals surface area contributed by atoms with Gasteiger partial charge in [-0.25, -0.2) is 9.89 Å². The number of amides is 1. The van der Waals surface area contributed by atoms with Gasteiger partial charge in [-0.3, -0.25) is 26.6 Å². The predicted molar refractivity (Wildman–Crippen MR) is 76.0 cm³/mol. The lowest BCUT2D eigenvalue weighted by molar-refractivity contribution is -0.674. The zero-order chi connectivity index (χ0) is 16.1. The second kappa shape index (κ2) is 4.58. The van der Waals surface area contributed by atoms with E-state index < -0.39 is 23.5 Å². The highest BCUT2D eigenvalue weighted by Gasteiger charge is 2.74. The van der Waals surface area contributed by atoms with Crippen molar-refractivity contribution in [2.24, 2.45) is 11.5 Å². The molecule has 0 bridgehead atoms. The number of rotatable bonds is 3. The minimum atomic E-state index is -2.03. The Morgan fingerprint density at radius 2 is 2.32 bits per heavy atom. The molecule has 10 nitrogen and oxygen atoms in total. The van der Waals surface area contributed by atoms with Crippen LogP contribution in [0.1, 0.15) is 6.42 Å². The van der Waals surface area contributed by atoms with Crippen LogP contribution >= 0.6 is 0 Å². The fourth-order valence-corrected chi connectivity index (χ4v) is 3.53. The summed E-state index contributed by atoms with van der Waals surface area (Å²) in [5, 5.41) is 29.6. The monoisotopic (exact) mass is 311 g/mol. The van der Waals surface area contributed by atoms with E-state index >= 15 is 0 Å². The molecule has 1 fully saturated rings. The van der Waals surface area contributed by atoms with Crippen molar-refractivity contribution in [2.75, 3.05) is 13.1 Å². The Bertz CT molecular complexity index is 600. The van der Waals surface area contributed by atoms with Crippen LogP contribution in [0.5, 0.6) is 0 Å². The normalized spacial score (nSPS) is 34.9. The predicted octanol–water partition coefficient (Wildman–Crippen LogP) is -6.26. The fraction of sp³-hybridized carbons (Fsp3) is 0.583. The second-order valence-corrected chi connectivity index (χ2v) is 5.73. The van der Waals surface area contributed by atoms with Crippen molar-refractivity contribution in [3.05, 3.63) is 12.7 Å². The summed E-state index contributed by atoms with van der Waals surface area (Å²) in [4.78, 5) is 14.4. The molecule has 3 aliphatic heterocycles. The van der Waals surface area contributed by atoms with Gasteiger partial charge in [0.15, 0.2) is 6.04 Å². The maximum atomic E-state index is 11.4. The van der Waals surface area contributed by atoms with Gasteiger partial charge in [-0.2, -0.15) is 0 Å². The van der Waals surface area contributed by atoms with Crippen molar-refractivity contribution in [2.45, 2.75) is 30.0 Å². The maximum Gasteiger partial charge on any atom is 0.347 e. The molecule has 0 aromatic heterocycles. The Balaban J connectivity index is 1.98. The van der Waals surface area contributed by atoms with Crippen molar-refractivity contribution >= 4 is 17.8 Å². The summed E-state index contributed by atoms with van der Waals surface area (Å²) >= 11 is 0. The van der Waals surface area contributed by atoms with Crippen LogP contribution in [0.25, 0.3) is 0 Å². The second-order valence-electron chi connectivity index (χ2n) is 5.73. The Hall–Kier alpha value is -2.33. The number of hydrogen-bond acceptors (Lipinski definition) is 7. The van der Waals surface area contributed by atoms with Crippen LogP contribution in [-0.2, 0) is 4.79 Å². The van der Waals surface area contributed by atoms with Gasteiger partial charge in [-0.15, -0.1) is 0 Å². The number of carbonyl (C=O) groups excluding carboxylic acids is 1. The minimum absolute atomic E-state index is 0.111. The number of nitrogens with zero attached hydrogens (tertiary/aromatic N) is 1. The molecule has 0 aromatic rings. The van der Waals surface area contributed by atoms with Gasteiger partial charge >= 0.3 is 11.9 Å². The van der Waals surface area contributed by atoms with Gasteiger partial charge in [0.2, 0.25) is 11.7 Å². The molecule has 1 amide bonds. The summed E-state index contributed by atoms with van der Waals surface area (Å²) in [6.45, 7) is 3.96. The Morgan fingerprint density at radius 1 is 1.59 bits per heavy atom. The molecule has 1 spiro atoms. The standard InChI is InChI=1S/C12H19N7O3/c1-2-7(20)15-5-6-8-12(18-9(13)17-8)11(21,22)3-4-19(12)10(14)16-6/h2,6,8,21-22H,1,3-5H2,(H6,13,14,15,16,17,18,20)/p+2/t6-,8-,12-/m0/s1. The Labute approximate surface area is 126 Å². The molecule has 0 aliphatic carbocycles. The van der Waals surface area contributed by atoms with Crippen LogP contribution in [0.2, 0.25) is 0 Å². The number of nitrogens with one attached hydrogen (secondary N) is 4. The van der Waals surface area contributed by atoms with Gasteiger partial charge in [-0.1, -0.05) is 6.58 Å². The Kier molecular flexibility index (Phi) is 3.04. The van der Waals surface area contributed by atoms with Gasteiger partial charge in [0, 0.05) is 6.42 Å².